The van der Waals surface area contributed by atoms with Crippen LogP contribution in [0.3, 0.4) is 0 Å². The molecule has 0 spiro atoms. The Morgan fingerprint density at radius 1 is 1.17 bits per heavy atom. The lowest BCUT2D eigenvalue weighted by Crippen LogP contribution is -2.32. The van der Waals surface area contributed by atoms with Gasteiger partial charge in [-0.1, -0.05) is 18.5 Å². The van der Waals surface area contributed by atoms with Crippen LogP contribution in [-0.4, -0.2) is 60.3 Å². The zero-order valence-corrected chi connectivity index (χ0v) is 20.7. The third-order valence-electron chi connectivity index (χ3n) is 5.42. The molecule has 0 fully saturated rings. The first-order valence-corrected chi connectivity index (χ1v) is 12.3. The fourth-order valence-electron chi connectivity index (χ4n) is 3.35. The van der Waals surface area contributed by atoms with Gasteiger partial charge < -0.3 is 9.72 Å². The molecule has 4 rings (SSSR count). The molecule has 4 heterocycles. The van der Waals surface area contributed by atoms with E-state index in [4.69, 9.17) is 16.3 Å². The molecule has 2 N–H and O–H groups in total. The number of pyridine rings is 1. The molecule has 0 aromatic carbocycles. The fourth-order valence-corrected chi connectivity index (χ4v) is 4.68. The molecule has 4 aromatic heterocycles. The standard InChI is InChI=1S/C20H22ClN9O4S/c1-11(17-23-9-13(21)10-24-17)12(2)35(32,33)28-20-26-25-18(14-6-8-29(3)27-14)30(20)16-15(34-4)5-7-22-19(16)31/h5-12H,1-4H3,(H,22,31)(H,26,28). The summed E-state index contributed by atoms with van der Waals surface area (Å²) in [7, 11) is -0.957. The van der Waals surface area contributed by atoms with E-state index in [9.17, 15) is 13.2 Å². The molecule has 0 bridgehead atoms. The van der Waals surface area contributed by atoms with Gasteiger partial charge in [-0.3, -0.25) is 18.8 Å². The lowest BCUT2D eigenvalue weighted by molar-refractivity contribution is 0.412. The van der Waals surface area contributed by atoms with Crippen molar-refractivity contribution in [3.05, 3.63) is 58.1 Å². The number of nitrogens with zero attached hydrogens (tertiary/aromatic N) is 7. The first-order valence-electron chi connectivity index (χ1n) is 10.3. The van der Waals surface area contributed by atoms with Crippen LogP contribution in [0.1, 0.15) is 25.6 Å². The first-order chi connectivity index (χ1) is 16.6. The van der Waals surface area contributed by atoms with Crippen LogP contribution >= 0.6 is 11.6 Å². The molecule has 2 unspecified atom stereocenters. The fraction of sp³-hybridized carbons (Fsp3) is 0.300. The van der Waals surface area contributed by atoms with Crippen molar-refractivity contribution in [1.82, 2.24) is 39.5 Å². The van der Waals surface area contributed by atoms with Crippen molar-refractivity contribution in [2.24, 2.45) is 7.05 Å². The van der Waals surface area contributed by atoms with Crippen LogP contribution in [0.5, 0.6) is 5.75 Å². The monoisotopic (exact) mass is 519 g/mol. The minimum Gasteiger partial charge on any atom is -0.494 e. The van der Waals surface area contributed by atoms with Crippen molar-refractivity contribution in [3.63, 3.8) is 0 Å². The number of aromatic nitrogens is 8. The normalized spacial score (nSPS) is 13.4. The highest BCUT2D eigenvalue weighted by molar-refractivity contribution is 7.93. The van der Waals surface area contributed by atoms with Gasteiger partial charge in [-0.25, -0.2) is 18.4 Å². The molecule has 15 heteroatoms. The smallest absolute Gasteiger partial charge is 0.276 e. The molecule has 2 atom stereocenters. The van der Waals surface area contributed by atoms with Crippen LogP contribution in [0.25, 0.3) is 17.2 Å². The summed E-state index contributed by atoms with van der Waals surface area (Å²) in [4.78, 5) is 23.6. The lowest BCUT2D eigenvalue weighted by atomic mass is 10.1. The number of aromatic amines is 1. The molecule has 0 aliphatic rings. The highest BCUT2D eigenvalue weighted by Crippen LogP contribution is 2.29. The van der Waals surface area contributed by atoms with Crippen LogP contribution in [0, 0.1) is 0 Å². The van der Waals surface area contributed by atoms with Gasteiger partial charge in [-0.2, -0.15) is 5.10 Å². The van der Waals surface area contributed by atoms with Gasteiger partial charge in [0.05, 0.1) is 17.4 Å². The summed E-state index contributed by atoms with van der Waals surface area (Å²) in [5.74, 6) is -0.172. The summed E-state index contributed by atoms with van der Waals surface area (Å²) >= 11 is 5.84. The summed E-state index contributed by atoms with van der Waals surface area (Å²) in [6.07, 6.45) is 5.89. The topological polar surface area (TPSA) is 163 Å². The molecule has 35 heavy (non-hydrogen) atoms. The molecule has 0 aliphatic carbocycles. The van der Waals surface area contributed by atoms with Crippen molar-refractivity contribution < 1.29 is 13.2 Å². The van der Waals surface area contributed by atoms with E-state index >= 15 is 0 Å². The van der Waals surface area contributed by atoms with Crippen molar-refractivity contribution in [2.45, 2.75) is 25.0 Å². The quantitative estimate of drug-likeness (QED) is 0.353. The number of halogens is 1. The molecule has 0 saturated carbocycles. The highest BCUT2D eigenvalue weighted by atomic mass is 35.5. The number of hydrogen-bond acceptors (Lipinski definition) is 9. The van der Waals surface area contributed by atoms with Gasteiger partial charge in [0.25, 0.3) is 5.56 Å². The summed E-state index contributed by atoms with van der Waals surface area (Å²) in [6, 6.07) is 3.19. The molecule has 0 amide bonds. The van der Waals surface area contributed by atoms with Crippen LogP contribution in [0.2, 0.25) is 5.02 Å². The van der Waals surface area contributed by atoms with Crippen molar-refractivity contribution in [2.75, 3.05) is 11.8 Å². The second-order valence-electron chi connectivity index (χ2n) is 7.68. The van der Waals surface area contributed by atoms with Gasteiger partial charge in [0.2, 0.25) is 16.0 Å². The van der Waals surface area contributed by atoms with E-state index in [2.05, 4.69) is 35.0 Å². The van der Waals surface area contributed by atoms with Crippen LogP contribution in [0.15, 0.2) is 41.7 Å². The average Bonchev–Trinajstić information content (AvgIpc) is 3.43. The molecule has 0 saturated heterocycles. The number of H-pyrrole nitrogens is 1. The molecule has 184 valence electrons. The Hall–Kier alpha value is -3.78. The summed E-state index contributed by atoms with van der Waals surface area (Å²) < 4.78 is 37.3. The van der Waals surface area contributed by atoms with E-state index in [1.807, 2.05) is 0 Å². The minimum absolute atomic E-state index is 0.0138. The maximum atomic E-state index is 13.3. The Morgan fingerprint density at radius 3 is 2.51 bits per heavy atom. The largest absolute Gasteiger partial charge is 0.494 e. The van der Waals surface area contributed by atoms with E-state index in [1.165, 1.54) is 43.3 Å². The second kappa shape index (κ2) is 9.46. The Kier molecular flexibility index (Phi) is 6.58. The van der Waals surface area contributed by atoms with E-state index in [0.29, 0.717) is 16.5 Å². The average molecular weight is 520 g/mol. The third-order valence-corrected chi connectivity index (χ3v) is 7.47. The molecule has 13 nitrogen and oxygen atoms in total. The zero-order chi connectivity index (χ0) is 25.3. The van der Waals surface area contributed by atoms with Crippen LogP contribution in [0.4, 0.5) is 5.95 Å². The van der Waals surface area contributed by atoms with Gasteiger partial charge in [0.1, 0.15) is 17.3 Å². The first kappa shape index (κ1) is 24.3. The Morgan fingerprint density at radius 2 is 1.89 bits per heavy atom. The number of nitrogens with one attached hydrogen (secondary N) is 2. The molecule has 0 radical (unpaired) electrons. The van der Waals surface area contributed by atoms with Gasteiger partial charge in [-0.15, -0.1) is 10.2 Å². The van der Waals surface area contributed by atoms with Crippen molar-refractivity contribution >= 4 is 27.6 Å². The van der Waals surface area contributed by atoms with Crippen molar-refractivity contribution in [3.8, 4) is 23.0 Å². The molecule has 0 aliphatic heterocycles. The van der Waals surface area contributed by atoms with Crippen molar-refractivity contribution in [1.29, 1.82) is 0 Å². The zero-order valence-electron chi connectivity index (χ0n) is 19.2. The molecular formula is C20H22ClN9O4S. The lowest BCUT2D eigenvalue weighted by Gasteiger charge is -2.20. The predicted molar refractivity (Wildman–Crippen MR) is 128 cm³/mol. The van der Waals surface area contributed by atoms with E-state index < -0.39 is 26.8 Å². The van der Waals surface area contributed by atoms with E-state index in [-0.39, 0.29) is 23.2 Å². The minimum atomic E-state index is -4.06. The van der Waals surface area contributed by atoms with Gasteiger partial charge in [0.15, 0.2) is 11.5 Å². The Labute approximate surface area is 205 Å². The number of aryl methyl sites for hydroxylation is 1. The Bertz CT molecular complexity index is 1510. The number of methoxy groups -OCH3 is 1. The SMILES string of the molecule is COc1cc[nH]c(=O)c1-n1c(NS(=O)(=O)C(C)C(C)c2ncc(Cl)cn2)nnc1-c1ccn(C)n1. The van der Waals surface area contributed by atoms with E-state index in [0.717, 1.165) is 0 Å². The predicted octanol–water partition coefficient (Wildman–Crippen LogP) is 1.74. The molecular weight excluding hydrogens is 498 g/mol. The number of ether oxygens (including phenoxy) is 1. The summed E-state index contributed by atoms with van der Waals surface area (Å²) in [6.45, 7) is 3.20. The maximum Gasteiger partial charge on any atom is 0.276 e. The maximum absolute atomic E-state index is 13.3. The second-order valence-corrected chi connectivity index (χ2v) is 10.2. The van der Waals surface area contributed by atoms with E-state index in [1.54, 1.807) is 30.9 Å². The summed E-state index contributed by atoms with van der Waals surface area (Å²) in [5, 5.41) is 11.8. The number of rotatable bonds is 8. The van der Waals surface area contributed by atoms with Crippen LogP contribution in [-0.2, 0) is 17.1 Å². The van der Waals surface area contributed by atoms with Crippen LogP contribution < -0.4 is 15.0 Å². The Balaban J connectivity index is 1.80. The number of anilines is 1. The van der Waals surface area contributed by atoms with Gasteiger partial charge >= 0.3 is 0 Å². The van der Waals surface area contributed by atoms with Gasteiger partial charge in [-0.05, 0) is 19.1 Å². The molecule has 4 aromatic rings. The summed E-state index contributed by atoms with van der Waals surface area (Å²) in [5.41, 5.74) is -0.190. The number of sulfonamides is 1. The highest BCUT2D eigenvalue weighted by Gasteiger charge is 2.32. The van der Waals surface area contributed by atoms with Gasteiger partial charge in [0, 0.05) is 37.8 Å². The third kappa shape index (κ3) is 4.74. The number of hydrogen-bond donors (Lipinski definition) is 2.